The second kappa shape index (κ2) is 6.07. The fourth-order valence-electron chi connectivity index (χ4n) is 2.74. The van der Waals surface area contributed by atoms with E-state index in [1.54, 1.807) is 12.1 Å². The summed E-state index contributed by atoms with van der Waals surface area (Å²) in [6.07, 6.45) is 0. The van der Waals surface area contributed by atoms with Gasteiger partial charge in [0.2, 0.25) is 5.82 Å². The maximum Gasteiger partial charge on any atom is 0.282 e. The van der Waals surface area contributed by atoms with Crippen LogP contribution in [0, 0.1) is 19.7 Å². The molecule has 8 heteroatoms. The van der Waals surface area contributed by atoms with Gasteiger partial charge in [0.1, 0.15) is 5.82 Å². The first-order chi connectivity index (χ1) is 12.5. The largest absolute Gasteiger partial charge is 0.382 e. The van der Waals surface area contributed by atoms with Gasteiger partial charge in [-0.15, -0.1) is 5.10 Å². The van der Waals surface area contributed by atoms with Crippen molar-refractivity contribution in [3.8, 4) is 28.7 Å². The van der Waals surface area contributed by atoms with Gasteiger partial charge in [-0.2, -0.15) is 9.67 Å². The first kappa shape index (κ1) is 15.9. The quantitative estimate of drug-likeness (QED) is 0.609. The highest BCUT2D eigenvalue weighted by Crippen LogP contribution is 2.27. The molecular weight excluding hydrogens is 335 g/mol. The molecule has 0 saturated heterocycles. The van der Waals surface area contributed by atoms with Crippen molar-refractivity contribution in [2.24, 2.45) is 0 Å². The number of rotatable bonds is 3. The molecule has 7 nitrogen and oxygen atoms in total. The first-order valence-corrected chi connectivity index (χ1v) is 7.91. The minimum atomic E-state index is -0.335. The minimum absolute atomic E-state index is 0.150. The monoisotopic (exact) mass is 350 g/mol. The Kier molecular flexibility index (Phi) is 3.72. The lowest BCUT2D eigenvalue weighted by Crippen LogP contribution is -2.03. The molecule has 2 N–H and O–H groups in total. The lowest BCUT2D eigenvalue weighted by atomic mass is 10.1. The van der Waals surface area contributed by atoms with Crippen LogP contribution in [0.2, 0.25) is 0 Å². The molecule has 130 valence electrons. The van der Waals surface area contributed by atoms with Crippen molar-refractivity contribution in [2.75, 3.05) is 5.73 Å². The van der Waals surface area contributed by atoms with Crippen LogP contribution in [-0.4, -0.2) is 25.1 Å². The number of anilines is 1. The first-order valence-electron chi connectivity index (χ1n) is 7.91. The molecule has 0 aliphatic rings. The Morgan fingerprint density at radius 1 is 1.04 bits per heavy atom. The van der Waals surface area contributed by atoms with E-state index in [9.17, 15) is 4.39 Å². The van der Waals surface area contributed by atoms with Crippen LogP contribution in [-0.2, 0) is 0 Å². The van der Waals surface area contributed by atoms with Crippen molar-refractivity contribution in [3.63, 3.8) is 0 Å². The molecule has 0 radical (unpaired) electrons. The van der Waals surface area contributed by atoms with E-state index in [1.165, 1.54) is 16.8 Å². The van der Waals surface area contributed by atoms with Gasteiger partial charge in [-0.1, -0.05) is 16.4 Å². The van der Waals surface area contributed by atoms with Crippen molar-refractivity contribution in [3.05, 3.63) is 59.4 Å². The van der Waals surface area contributed by atoms with Gasteiger partial charge in [0.05, 0.1) is 5.69 Å². The average molecular weight is 350 g/mol. The molecule has 0 aliphatic heterocycles. The van der Waals surface area contributed by atoms with Gasteiger partial charge in [-0.3, -0.25) is 0 Å². The molecule has 2 aromatic carbocycles. The highest BCUT2D eigenvalue weighted by atomic mass is 19.1. The molecule has 0 bridgehead atoms. The van der Waals surface area contributed by atoms with Gasteiger partial charge in [-0.25, -0.2) is 4.39 Å². The van der Waals surface area contributed by atoms with Crippen molar-refractivity contribution in [1.82, 2.24) is 25.1 Å². The summed E-state index contributed by atoms with van der Waals surface area (Å²) in [6, 6.07) is 11.8. The van der Waals surface area contributed by atoms with Crippen LogP contribution in [0.3, 0.4) is 0 Å². The second-order valence-corrected chi connectivity index (χ2v) is 6.01. The molecule has 4 aromatic rings. The summed E-state index contributed by atoms with van der Waals surface area (Å²) in [5.74, 6) is 0.431. The number of nitrogens with zero attached hydrogens (tertiary/aromatic N) is 5. The summed E-state index contributed by atoms with van der Waals surface area (Å²) in [6.45, 7) is 4.00. The number of hydrogen-bond donors (Lipinski definition) is 1. The number of aryl methyl sites for hydroxylation is 2. The number of nitrogen functional groups attached to an aromatic ring is 1. The number of benzene rings is 2. The van der Waals surface area contributed by atoms with Gasteiger partial charge in [0.25, 0.3) is 5.89 Å². The zero-order valence-electron chi connectivity index (χ0n) is 14.1. The molecule has 0 unspecified atom stereocenters. The summed E-state index contributed by atoms with van der Waals surface area (Å²) in [4.78, 5) is 4.29. The molecule has 0 spiro atoms. The summed E-state index contributed by atoms with van der Waals surface area (Å²) in [5, 5.41) is 12.1. The second-order valence-electron chi connectivity index (χ2n) is 6.01. The van der Waals surface area contributed by atoms with Crippen LogP contribution >= 0.6 is 0 Å². The van der Waals surface area contributed by atoms with E-state index in [1.807, 2.05) is 26.0 Å². The van der Waals surface area contributed by atoms with Crippen LogP contribution in [0.25, 0.3) is 28.7 Å². The zero-order chi connectivity index (χ0) is 18.3. The van der Waals surface area contributed by atoms with Crippen LogP contribution in [0.1, 0.15) is 11.1 Å². The van der Waals surface area contributed by atoms with E-state index in [2.05, 4.69) is 26.5 Å². The third-order valence-corrected chi connectivity index (χ3v) is 3.89. The smallest absolute Gasteiger partial charge is 0.282 e. The highest BCUT2D eigenvalue weighted by Gasteiger charge is 2.20. The Morgan fingerprint density at radius 2 is 1.73 bits per heavy atom. The number of aromatic nitrogens is 5. The zero-order valence-corrected chi connectivity index (χ0v) is 14.1. The maximum absolute atomic E-state index is 13.0. The Balaban J connectivity index is 1.71. The fraction of sp³-hybridized carbons (Fsp3) is 0.111. The molecule has 2 aromatic heterocycles. The summed E-state index contributed by atoms with van der Waals surface area (Å²) < 4.78 is 19.8. The Morgan fingerprint density at radius 3 is 2.42 bits per heavy atom. The average Bonchev–Trinajstić information content (AvgIpc) is 3.21. The molecule has 4 rings (SSSR count). The third-order valence-electron chi connectivity index (χ3n) is 3.89. The van der Waals surface area contributed by atoms with E-state index in [0.717, 1.165) is 16.8 Å². The molecule has 2 heterocycles. The third kappa shape index (κ3) is 2.81. The predicted octanol–water partition coefficient (Wildman–Crippen LogP) is 3.32. The van der Waals surface area contributed by atoms with Crippen LogP contribution in [0.15, 0.2) is 47.0 Å². The number of nitrogens with two attached hydrogens (primary N) is 1. The SMILES string of the molecule is Cc1cc(C)cc(-n2nnc(-c3nc(-c4ccc(F)cc4)no3)c2N)c1. The van der Waals surface area contributed by atoms with E-state index >= 15 is 0 Å². The normalized spacial score (nSPS) is 11.0. The van der Waals surface area contributed by atoms with Crippen molar-refractivity contribution in [2.45, 2.75) is 13.8 Å². The van der Waals surface area contributed by atoms with Gasteiger partial charge in [0.15, 0.2) is 11.5 Å². The van der Waals surface area contributed by atoms with E-state index < -0.39 is 0 Å². The topological polar surface area (TPSA) is 95.6 Å². The van der Waals surface area contributed by atoms with Gasteiger partial charge in [-0.05, 0) is 61.4 Å². The molecule has 0 saturated carbocycles. The van der Waals surface area contributed by atoms with E-state index in [0.29, 0.717) is 22.9 Å². The fourth-order valence-corrected chi connectivity index (χ4v) is 2.74. The van der Waals surface area contributed by atoms with E-state index in [-0.39, 0.29) is 11.7 Å². The summed E-state index contributed by atoms with van der Waals surface area (Å²) in [5.41, 5.74) is 10.1. The standard InChI is InChI=1S/C18H15FN6O/c1-10-7-11(2)9-14(8-10)25-16(20)15(22-24-25)18-21-17(23-26-18)12-3-5-13(19)6-4-12/h3-9H,20H2,1-2H3. The highest BCUT2D eigenvalue weighted by molar-refractivity contribution is 5.66. The summed E-state index contributed by atoms with van der Waals surface area (Å²) >= 11 is 0. The van der Waals surface area contributed by atoms with Gasteiger partial charge in [0, 0.05) is 5.56 Å². The molecule has 0 atom stereocenters. The van der Waals surface area contributed by atoms with Crippen molar-refractivity contribution in [1.29, 1.82) is 0 Å². The predicted molar refractivity (Wildman–Crippen MR) is 93.9 cm³/mol. The molecule has 0 amide bonds. The molecule has 0 fully saturated rings. The van der Waals surface area contributed by atoms with Gasteiger partial charge < -0.3 is 10.3 Å². The Hall–Kier alpha value is -3.55. The maximum atomic E-state index is 13.0. The minimum Gasteiger partial charge on any atom is -0.382 e. The van der Waals surface area contributed by atoms with Crippen LogP contribution in [0.5, 0.6) is 0 Å². The van der Waals surface area contributed by atoms with Gasteiger partial charge >= 0.3 is 0 Å². The lowest BCUT2D eigenvalue weighted by Gasteiger charge is -2.05. The number of halogens is 1. The Bertz CT molecular complexity index is 1060. The number of hydrogen-bond acceptors (Lipinski definition) is 6. The van der Waals surface area contributed by atoms with E-state index in [4.69, 9.17) is 10.3 Å². The molecule has 26 heavy (non-hydrogen) atoms. The van der Waals surface area contributed by atoms with Crippen LogP contribution < -0.4 is 5.73 Å². The van der Waals surface area contributed by atoms with Crippen molar-refractivity contribution >= 4 is 5.82 Å². The van der Waals surface area contributed by atoms with Crippen molar-refractivity contribution < 1.29 is 8.91 Å². The molecule has 0 aliphatic carbocycles. The Labute approximate surface area is 148 Å². The molecular formula is C18H15FN6O. The van der Waals surface area contributed by atoms with Crippen LogP contribution in [0.4, 0.5) is 10.2 Å². The summed E-state index contributed by atoms with van der Waals surface area (Å²) in [7, 11) is 0. The lowest BCUT2D eigenvalue weighted by molar-refractivity contribution is 0.431.